The molecule has 0 saturated carbocycles. The van der Waals surface area contributed by atoms with Crippen molar-refractivity contribution < 1.29 is 19.1 Å². The molecule has 1 amide bonds. The summed E-state index contributed by atoms with van der Waals surface area (Å²) >= 11 is 0. The van der Waals surface area contributed by atoms with Crippen LogP contribution in [0.4, 0.5) is 5.95 Å². The fraction of sp³-hybridized carbons (Fsp3) is 0.111. The number of nitrogens with zero attached hydrogens (tertiary/aromatic N) is 3. The Morgan fingerprint density at radius 1 is 1.53 bits per heavy atom. The zero-order valence-corrected chi connectivity index (χ0v) is 8.75. The van der Waals surface area contributed by atoms with Crippen LogP contribution in [0.2, 0.25) is 0 Å². The molecule has 0 bridgehead atoms. The number of furan rings is 1. The van der Waals surface area contributed by atoms with Gasteiger partial charge in [0.05, 0.1) is 5.56 Å². The summed E-state index contributed by atoms with van der Waals surface area (Å²) in [5.41, 5.74) is -0.0897. The SMILES string of the molecule is Cn1ncnc1NC(=O)c1cc(C(=O)O)co1. The normalized spacial score (nSPS) is 10.2. The van der Waals surface area contributed by atoms with Crippen LogP contribution in [0.3, 0.4) is 0 Å². The zero-order valence-electron chi connectivity index (χ0n) is 8.75. The quantitative estimate of drug-likeness (QED) is 0.795. The van der Waals surface area contributed by atoms with E-state index in [2.05, 4.69) is 15.4 Å². The average molecular weight is 236 g/mol. The van der Waals surface area contributed by atoms with Crippen molar-refractivity contribution in [1.29, 1.82) is 0 Å². The number of amides is 1. The fourth-order valence-corrected chi connectivity index (χ4v) is 1.14. The van der Waals surface area contributed by atoms with Crippen LogP contribution in [-0.4, -0.2) is 31.7 Å². The zero-order chi connectivity index (χ0) is 12.4. The molecule has 0 aromatic carbocycles. The van der Waals surface area contributed by atoms with E-state index in [0.717, 1.165) is 12.3 Å². The molecule has 0 aliphatic carbocycles. The monoisotopic (exact) mass is 236 g/mol. The van der Waals surface area contributed by atoms with Gasteiger partial charge in [-0.2, -0.15) is 10.1 Å². The number of hydrogen-bond acceptors (Lipinski definition) is 5. The number of aromatic carboxylic acids is 1. The Morgan fingerprint density at radius 3 is 2.82 bits per heavy atom. The summed E-state index contributed by atoms with van der Waals surface area (Å²) in [7, 11) is 1.60. The molecule has 0 unspecified atom stereocenters. The Morgan fingerprint density at radius 2 is 2.29 bits per heavy atom. The van der Waals surface area contributed by atoms with Crippen molar-refractivity contribution in [1.82, 2.24) is 14.8 Å². The first-order chi connectivity index (χ1) is 8.08. The lowest BCUT2D eigenvalue weighted by Crippen LogP contribution is -2.14. The largest absolute Gasteiger partial charge is 0.478 e. The van der Waals surface area contributed by atoms with E-state index in [1.807, 2.05) is 0 Å². The van der Waals surface area contributed by atoms with Gasteiger partial charge in [-0.1, -0.05) is 0 Å². The number of carbonyl (C=O) groups is 2. The summed E-state index contributed by atoms with van der Waals surface area (Å²) in [5, 5.41) is 14.8. The number of carboxylic acid groups (broad SMARTS) is 1. The Labute approximate surface area is 94.9 Å². The minimum Gasteiger partial charge on any atom is -0.478 e. The molecule has 17 heavy (non-hydrogen) atoms. The molecule has 2 rings (SSSR count). The predicted octanol–water partition coefficient (Wildman–Crippen LogP) is 0.359. The van der Waals surface area contributed by atoms with Crippen molar-refractivity contribution >= 4 is 17.8 Å². The summed E-state index contributed by atoms with van der Waals surface area (Å²) in [4.78, 5) is 26.0. The molecular weight excluding hydrogens is 228 g/mol. The molecular formula is C9H8N4O4. The summed E-state index contributed by atoms with van der Waals surface area (Å²) in [6.07, 6.45) is 2.27. The van der Waals surface area contributed by atoms with Crippen molar-refractivity contribution in [2.75, 3.05) is 5.32 Å². The standard InChI is InChI=1S/C9H8N4O4/c1-13-9(10-4-11-13)12-7(14)6-2-5(3-17-6)8(15)16/h2-4H,1H3,(H,15,16)(H,10,11,12,14). The van der Waals surface area contributed by atoms with Crippen molar-refractivity contribution in [3.63, 3.8) is 0 Å². The van der Waals surface area contributed by atoms with Gasteiger partial charge in [-0.05, 0) is 0 Å². The number of carboxylic acids is 1. The third kappa shape index (κ3) is 2.14. The van der Waals surface area contributed by atoms with Crippen LogP contribution in [-0.2, 0) is 7.05 Å². The van der Waals surface area contributed by atoms with Crippen LogP contribution >= 0.6 is 0 Å². The van der Waals surface area contributed by atoms with Gasteiger partial charge in [-0.15, -0.1) is 0 Å². The van der Waals surface area contributed by atoms with Crippen LogP contribution in [0.15, 0.2) is 23.1 Å². The highest BCUT2D eigenvalue weighted by Gasteiger charge is 2.16. The van der Waals surface area contributed by atoms with E-state index in [4.69, 9.17) is 9.52 Å². The van der Waals surface area contributed by atoms with Gasteiger partial charge in [-0.25, -0.2) is 9.48 Å². The Kier molecular flexibility index (Phi) is 2.61. The number of anilines is 1. The van der Waals surface area contributed by atoms with Crippen molar-refractivity contribution in [2.24, 2.45) is 7.05 Å². The number of nitrogens with one attached hydrogen (secondary N) is 1. The molecule has 2 aromatic heterocycles. The molecule has 2 heterocycles. The molecule has 0 aliphatic rings. The number of aromatic nitrogens is 3. The first-order valence-electron chi connectivity index (χ1n) is 4.55. The Bertz CT molecular complexity index is 571. The average Bonchev–Trinajstić information content (AvgIpc) is 2.88. The van der Waals surface area contributed by atoms with E-state index >= 15 is 0 Å². The van der Waals surface area contributed by atoms with E-state index < -0.39 is 11.9 Å². The maximum absolute atomic E-state index is 11.6. The molecule has 88 valence electrons. The molecule has 0 aliphatic heterocycles. The number of aryl methyl sites for hydroxylation is 1. The van der Waals surface area contributed by atoms with Gasteiger partial charge in [0.1, 0.15) is 12.6 Å². The van der Waals surface area contributed by atoms with Gasteiger partial charge in [0.2, 0.25) is 5.95 Å². The van der Waals surface area contributed by atoms with Crippen molar-refractivity contribution in [2.45, 2.75) is 0 Å². The molecule has 2 N–H and O–H groups in total. The number of hydrogen-bond donors (Lipinski definition) is 2. The lowest BCUT2D eigenvalue weighted by atomic mass is 10.3. The van der Waals surface area contributed by atoms with Gasteiger partial charge in [-0.3, -0.25) is 10.1 Å². The third-order valence-corrected chi connectivity index (χ3v) is 2.01. The fourth-order valence-electron chi connectivity index (χ4n) is 1.14. The van der Waals surface area contributed by atoms with Crippen LogP contribution in [0, 0.1) is 0 Å². The topological polar surface area (TPSA) is 110 Å². The first kappa shape index (κ1) is 10.9. The molecule has 8 nitrogen and oxygen atoms in total. The van der Waals surface area contributed by atoms with E-state index in [1.54, 1.807) is 7.05 Å². The summed E-state index contributed by atoms with van der Waals surface area (Å²) in [6.45, 7) is 0. The second-order valence-corrected chi connectivity index (χ2v) is 3.17. The number of rotatable bonds is 3. The van der Waals surface area contributed by atoms with Crippen molar-refractivity contribution in [3.8, 4) is 0 Å². The second-order valence-electron chi connectivity index (χ2n) is 3.17. The van der Waals surface area contributed by atoms with E-state index in [0.29, 0.717) is 0 Å². The Hall–Kier alpha value is -2.64. The Balaban J connectivity index is 2.15. The van der Waals surface area contributed by atoms with Crippen LogP contribution in [0.25, 0.3) is 0 Å². The molecule has 0 spiro atoms. The van der Waals surface area contributed by atoms with Crippen LogP contribution in [0.1, 0.15) is 20.9 Å². The summed E-state index contributed by atoms with van der Waals surface area (Å²) in [5.74, 6) is -1.62. The molecule has 0 saturated heterocycles. The summed E-state index contributed by atoms with van der Waals surface area (Å²) < 4.78 is 6.19. The first-order valence-corrected chi connectivity index (χ1v) is 4.55. The van der Waals surface area contributed by atoms with E-state index in [9.17, 15) is 9.59 Å². The molecule has 0 fully saturated rings. The van der Waals surface area contributed by atoms with Crippen LogP contribution in [0.5, 0.6) is 0 Å². The maximum atomic E-state index is 11.6. The maximum Gasteiger partial charge on any atom is 0.338 e. The molecule has 0 radical (unpaired) electrons. The van der Waals surface area contributed by atoms with E-state index in [1.165, 1.54) is 11.0 Å². The highest BCUT2D eigenvalue weighted by Crippen LogP contribution is 2.10. The summed E-state index contributed by atoms with van der Waals surface area (Å²) in [6, 6.07) is 1.13. The van der Waals surface area contributed by atoms with Gasteiger partial charge in [0, 0.05) is 13.1 Å². The van der Waals surface area contributed by atoms with Gasteiger partial charge in [0.15, 0.2) is 5.76 Å². The van der Waals surface area contributed by atoms with E-state index in [-0.39, 0.29) is 17.3 Å². The third-order valence-electron chi connectivity index (χ3n) is 2.01. The predicted molar refractivity (Wildman–Crippen MR) is 54.6 cm³/mol. The molecule has 2 aromatic rings. The van der Waals surface area contributed by atoms with Gasteiger partial charge < -0.3 is 9.52 Å². The minimum absolute atomic E-state index is 0.0897. The lowest BCUT2D eigenvalue weighted by molar-refractivity contribution is 0.0696. The highest BCUT2D eigenvalue weighted by atomic mass is 16.4. The molecule has 8 heteroatoms. The minimum atomic E-state index is -1.16. The van der Waals surface area contributed by atoms with Gasteiger partial charge in [0.25, 0.3) is 5.91 Å². The lowest BCUT2D eigenvalue weighted by Gasteiger charge is -2.00. The highest BCUT2D eigenvalue weighted by molar-refractivity contribution is 6.02. The van der Waals surface area contributed by atoms with Crippen LogP contribution < -0.4 is 5.32 Å². The molecule has 0 atom stereocenters. The second kappa shape index (κ2) is 4.08. The van der Waals surface area contributed by atoms with Gasteiger partial charge >= 0.3 is 5.97 Å². The smallest absolute Gasteiger partial charge is 0.338 e. The van der Waals surface area contributed by atoms with Crippen molar-refractivity contribution in [3.05, 3.63) is 30.0 Å². The number of carbonyl (C=O) groups excluding carboxylic acids is 1.